The Balaban J connectivity index is 0.00000153. The summed E-state index contributed by atoms with van der Waals surface area (Å²) in [5.41, 5.74) is 8.74. The molecule has 1 unspecified atom stereocenters. The first-order chi connectivity index (χ1) is 25.2. The number of rotatable bonds is 16. The van der Waals surface area contributed by atoms with Crippen molar-refractivity contribution in [3.05, 3.63) is 102 Å². The second-order valence-electron chi connectivity index (χ2n) is 11.1. The van der Waals surface area contributed by atoms with E-state index in [1.807, 2.05) is 88.7 Å². The van der Waals surface area contributed by atoms with Crippen LogP contribution in [-0.4, -0.2) is 47.1 Å². The fourth-order valence-electron chi connectivity index (χ4n) is 4.90. The maximum Gasteiger partial charge on any atom is 0.305 e. The van der Waals surface area contributed by atoms with Crippen LogP contribution in [0.3, 0.4) is 0 Å². The first-order valence-electron chi connectivity index (χ1n) is 18.3. The average molecular weight is 710 g/mol. The van der Waals surface area contributed by atoms with E-state index in [-0.39, 0.29) is 18.1 Å². The van der Waals surface area contributed by atoms with Gasteiger partial charge in [0.15, 0.2) is 0 Å². The van der Waals surface area contributed by atoms with Gasteiger partial charge in [-0.1, -0.05) is 99.3 Å². The molecule has 0 radical (unpaired) electrons. The van der Waals surface area contributed by atoms with Crippen LogP contribution in [0, 0.1) is 0 Å². The van der Waals surface area contributed by atoms with Crippen LogP contribution >= 0.6 is 0 Å². The zero-order chi connectivity index (χ0) is 38.6. The van der Waals surface area contributed by atoms with Crippen molar-refractivity contribution < 1.29 is 19.1 Å². The van der Waals surface area contributed by atoms with Gasteiger partial charge in [0, 0.05) is 41.9 Å². The highest BCUT2D eigenvalue weighted by molar-refractivity contribution is 5.88. The van der Waals surface area contributed by atoms with Crippen molar-refractivity contribution in [3.8, 4) is 22.5 Å². The van der Waals surface area contributed by atoms with E-state index in [9.17, 15) is 9.59 Å². The lowest BCUT2D eigenvalue weighted by atomic mass is 10.0. The second-order valence-corrected chi connectivity index (χ2v) is 11.1. The number of benzene rings is 2. The van der Waals surface area contributed by atoms with E-state index in [4.69, 9.17) is 14.8 Å². The Morgan fingerprint density at radius 2 is 1.58 bits per heavy atom. The quantitative estimate of drug-likeness (QED) is 0.0521. The van der Waals surface area contributed by atoms with Crippen molar-refractivity contribution in [2.45, 2.75) is 100 Å². The van der Waals surface area contributed by atoms with Gasteiger partial charge in [-0.25, -0.2) is 14.7 Å². The molecule has 0 aliphatic heterocycles. The molecule has 3 aromatic rings. The Morgan fingerprint density at radius 1 is 0.942 bits per heavy atom. The lowest BCUT2D eigenvalue weighted by Gasteiger charge is -2.15. The number of allylic oxidation sites excluding steroid dienone is 4. The normalized spacial score (nSPS) is 11.8. The van der Waals surface area contributed by atoms with Gasteiger partial charge in [0.1, 0.15) is 11.9 Å². The number of esters is 2. The Morgan fingerprint density at radius 3 is 2.13 bits per heavy atom. The molecular weight excluding hydrogens is 651 g/mol. The maximum absolute atomic E-state index is 11.7. The fraction of sp³-hybridized carbons (Fsp3) is 0.395. The van der Waals surface area contributed by atoms with Gasteiger partial charge in [0.05, 0.1) is 18.9 Å². The van der Waals surface area contributed by atoms with E-state index in [0.717, 1.165) is 65.9 Å². The molecule has 0 spiro atoms. The second kappa shape index (κ2) is 27.5. The van der Waals surface area contributed by atoms with Gasteiger partial charge in [-0.05, 0) is 72.8 Å². The molecule has 280 valence electrons. The zero-order valence-corrected chi connectivity index (χ0v) is 32.5. The van der Waals surface area contributed by atoms with Crippen LogP contribution in [0.25, 0.3) is 28.6 Å². The third-order valence-corrected chi connectivity index (χ3v) is 7.11. The minimum absolute atomic E-state index is 0.137. The van der Waals surface area contributed by atoms with Gasteiger partial charge in [0.25, 0.3) is 0 Å². The molecule has 9 heteroatoms. The molecule has 1 heterocycles. The Hall–Kier alpha value is -5.27. The molecule has 52 heavy (non-hydrogen) atoms. The monoisotopic (exact) mass is 709 g/mol. The number of nitrogens with zero attached hydrogens (tertiary/aromatic N) is 4. The smallest absolute Gasteiger partial charge is 0.305 e. The summed E-state index contributed by atoms with van der Waals surface area (Å²) in [4.78, 5) is 31.0. The molecule has 1 aromatic heterocycles. The first kappa shape index (κ1) is 44.8. The number of ether oxygens (including phenoxy) is 2. The van der Waals surface area contributed by atoms with Crippen LogP contribution in [0.1, 0.15) is 106 Å². The number of aromatic nitrogens is 2. The van der Waals surface area contributed by atoms with Gasteiger partial charge in [-0.15, -0.1) is 5.73 Å². The van der Waals surface area contributed by atoms with E-state index in [1.165, 1.54) is 6.92 Å². The zero-order valence-electron chi connectivity index (χ0n) is 32.5. The number of nitrogens with one attached hydrogen (secondary N) is 1. The van der Waals surface area contributed by atoms with Crippen LogP contribution < -0.4 is 5.32 Å². The molecule has 2 aromatic carbocycles. The number of hydrogen-bond acceptors (Lipinski definition) is 6. The van der Waals surface area contributed by atoms with E-state index >= 15 is 0 Å². The van der Waals surface area contributed by atoms with Crippen molar-refractivity contribution in [3.63, 3.8) is 0 Å². The largest absolute Gasteiger partial charge is 0.466 e. The lowest BCUT2D eigenvalue weighted by Crippen LogP contribution is -2.22. The minimum atomic E-state index is -0.359. The molecule has 0 fully saturated rings. The highest BCUT2D eigenvalue weighted by atomic mass is 16.5. The number of unbranched alkanes of at least 4 members (excludes halogenated alkanes) is 3. The number of carbonyl (C=O) groups is 2. The third kappa shape index (κ3) is 17.1. The van der Waals surface area contributed by atoms with Gasteiger partial charge in [-0.3, -0.25) is 9.59 Å². The van der Waals surface area contributed by atoms with Crippen LogP contribution in [0.15, 0.2) is 107 Å². The van der Waals surface area contributed by atoms with Crippen LogP contribution in [0.4, 0.5) is 0 Å². The molecule has 0 amide bonds. The van der Waals surface area contributed by atoms with Gasteiger partial charge in [0.2, 0.25) is 5.96 Å². The van der Waals surface area contributed by atoms with Crippen molar-refractivity contribution in [1.82, 2.24) is 15.1 Å². The van der Waals surface area contributed by atoms with Gasteiger partial charge >= 0.3 is 11.9 Å². The first-order valence-corrected chi connectivity index (χ1v) is 18.3. The number of carbonyl (C=O) groups excluding carboxylic acids is 2. The van der Waals surface area contributed by atoms with E-state index in [0.29, 0.717) is 25.6 Å². The standard InChI is InChI=1S/C37H45N5O2.C4H8O2.C2H6/c1-6-9-10-15-22-29(4)39-37(38-7-2)40-30(5)42-36(32-25-18-14-19-26-32)33(35(41-42)31-23-16-13-17-24-31)27-20-11-12-21-28-34(43)44-8-3;1-3-6-4(2)5;1-2/h7,9,13-14,16-20,22-27,30H,1,8,10-12,15,21,28H2,2-5H3,(H,39,40);3H2,1-2H3;1-2H3/b27-20+,29-22+,38-7-;;. The molecule has 1 atom stereocenters. The van der Waals surface area contributed by atoms with E-state index < -0.39 is 0 Å². The number of guanidine groups is 1. The molecule has 0 saturated carbocycles. The van der Waals surface area contributed by atoms with Gasteiger partial charge < -0.3 is 14.8 Å². The van der Waals surface area contributed by atoms with E-state index in [1.54, 1.807) is 13.1 Å². The van der Waals surface area contributed by atoms with Crippen molar-refractivity contribution in [2.24, 2.45) is 9.98 Å². The highest BCUT2D eigenvalue weighted by Gasteiger charge is 2.22. The van der Waals surface area contributed by atoms with Crippen LogP contribution in [-0.2, 0) is 19.1 Å². The predicted octanol–water partition coefficient (Wildman–Crippen LogP) is 10.5. The summed E-state index contributed by atoms with van der Waals surface area (Å²) in [6.07, 6.45) is 14.5. The summed E-state index contributed by atoms with van der Waals surface area (Å²) < 4.78 is 11.4. The summed E-state index contributed by atoms with van der Waals surface area (Å²) in [5, 5.41) is 8.52. The minimum Gasteiger partial charge on any atom is -0.466 e. The van der Waals surface area contributed by atoms with Gasteiger partial charge in [-0.2, -0.15) is 5.10 Å². The summed E-state index contributed by atoms with van der Waals surface area (Å²) in [6.45, 7) is 19.4. The van der Waals surface area contributed by atoms with Crippen LogP contribution in [0.2, 0.25) is 0 Å². The van der Waals surface area contributed by atoms with Crippen molar-refractivity contribution >= 4 is 30.2 Å². The molecule has 9 nitrogen and oxygen atoms in total. The van der Waals surface area contributed by atoms with Crippen molar-refractivity contribution in [1.29, 1.82) is 0 Å². The Bertz CT molecular complexity index is 1630. The molecule has 1 N–H and O–H groups in total. The average Bonchev–Trinajstić information content (AvgIpc) is 3.53. The molecular formula is C43H59N5O4. The molecule has 0 saturated heterocycles. The van der Waals surface area contributed by atoms with E-state index in [2.05, 4.69) is 69.8 Å². The summed E-state index contributed by atoms with van der Waals surface area (Å²) in [6, 6.07) is 20.5. The molecule has 0 bridgehead atoms. The maximum atomic E-state index is 11.7. The Labute approximate surface area is 312 Å². The SMILES string of the molecule is C=C=CCC/C=C(\C)NC(/N=C\C)=N/C(C)n1nc(-c2ccccc2)c(/C=C/CCCCC(=O)OCC)c1-c1ccccc1.CC.CCOC(C)=O. The summed E-state index contributed by atoms with van der Waals surface area (Å²) in [7, 11) is 0. The topological polar surface area (TPSA) is 107 Å². The number of hydrogen-bond donors (Lipinski definition) is 1. The van der Waals surface area contributed by atoms with Crippen molar-refractivity contribution in [2.75, 3.05) is 13.2 Å². The highest BCUT2D eigenvalue weighted by Crippen LogP contribution is 2.35. The fourth-order valence-corrected chi connectivity index (χ4v) is 4.90. The van der Waals surface area contributed by atoms with Crippen LogP contribution in [0.5, 0.6) is 0 Å². The Kier molecular flexibility index (Phi) is 23.6. The summed E-state index contributed by atoms with van der Waals surface area (Å²) >= 11 is 0. The molecule has 0 aliphatic carbocycles. The lowest BCUT2D eigenvalue weighted by molar-refractivity contribution is -0.143. The molecule has 3 rings (SSSR count). The number of aliphatic imine (C=N–C) groups is 2. The predicted molar refractivity (Wildman–Crippen MR) is 217 cm³/mol. The third-order valence-electron chi connectivity index (χ3n) is 7.11. The summed E-state index contributed by atoms with van der Waals surface area (Å²) in [5.74, 6) is 0.168. The molecule has 0 aliphatic rings.